The predicted octanol–water partition coefficient (Wildman–Crippen LogP) is 1.12. The van der Waals surface area contributed by atoms with Crippen molar-refractivity contribution in [1.82, 2.24) is 15.2 Å². The lowest BCUT2D eigenvalue weighted by atomic mass is 10.2. The predicted molar refractivity (Wildman–Crippen MR) is 69.0 cm³/mol. The maximum absolute atomic E-state index is 11.8. The van der Waals surface area contributed by atoms with Gasteiger partial charge in [-0.25, -0.2) is 4.98 Å². The molecule has 2 rings (SSSR count). The minimum Gasteiger partial charge on any atom is -0.366 e. The molecular formula is C11H10ClN5O2. The van der Waals surface area contributed by atoms with Crippen LogP contribution in [0.5, 0.6) is 0 Å². The topological polar surface area (TPSA) is 114 Å². The van der Waals surface area contributed by atoms with Crippen LogP contribution in [0.15, 0.2) is 18.2 Å². The number of nitrogens with one attached hydrogen (secondary N) is 2. The first-order valence-corrected chi connectivity index (χ1v) is 5.65. The molecule has 0 spiro atoms. The van der Waals surface area contributed by atoms with Crippen LogP contribution >= 0.6 is 11.6 Å². The smallest absolute Gasteiger partial charge is 0.295 e. The second-order valence-corrected chi connectivity index (χ2v) is 4.16. The monoisotopic (exact) mass is 279 g/mol. The van der Waals surface area contributed by atoms with Gasteiger partial charge in [-0.05, 0) is 25.1 Å². The number of rotatable bonds is 3. The number of primary amides is 1. The van der Waals surface area contributed by atoms with Crippen molar-refractivity contribution in [3.05, 3.63) is 40.4 Å². The van der Waals surface area contributed by atoms with Crippen molar-refractivity contribution in [2.45, 2.75) is 6.92 Å². The van der Waals surface area contributed by atoms with Gasteiger partial charge in [-0.2, -0.15) is 0 Å². The third-order valence-electron chi connectivity index (χ3n) is 2.29. The Hall–Kier alpha value is -2.41. The van der Waals surface area contributed by atoms with Crippen LogP contribution in [0.3, 0.4) is 0 Å². The summed E-state index contributed by atoms with van der Waals surface area (Å²) in [5.74, 6) is -0.635. The zero-order valence-corrected chi connectivity index (χ0v) is 10.7. The number of hydrogen-bond acceptors (Lipinski definition) is 4. The highest BCUT2D eigenvalue weighted by Gasteiger charge is 2.13. The molecule has 1 aromatic carbocycles. The average Bonchev–Trinajstić information content (AvgIpc) is 2.78. The van der Waals surface area contributed by atoms with E-state index in [9.17, 15) is 9.59 Å². The lowest BCUT2D eigenvalue weighted by Gasteiger charge is -2.05. The summed E-state index contributed by atoms with van der Waals surface area (Å²) < 4.78 is 0. The highest BCUT2D eigenvalue weighted by Crippen LogP contribution is 2.20. The fourth-order valence-corrected chi connectivity index (χ4v) is 1.63. The number of carbonyl (C=O) groups excluding carboxylic acids is 2. The molecule has 0 aliphatic carbocycles. The van der Waals surface area contributed by atoms with Gasteiger partial charge in [-0.15, -0.1) is 5.10 Å². The zero-order chi connectivity index (χ0) is 14.0. The highest BCUT2D eigenvalue weighted by atomic mass is 35.5. The molecule has 0 aliphatic rings. The van der Waals surface area contributed by atoms with Gasteiger partial charge in [0.2, 0.25) is 11.7 Å². The molecule has 0 fully saturated rings. The number of halogens is 1. The number of amides is 2. The van der Waals surface area contributed by atoms with E-state index in [1.807, 2.05) is 0 Å². The standard InChI is InChI=1S/C11H10ClN5O2/c1-5-14-10(17-16-5)11(19)15-6-2-3-8(12)7(4-6)9(13)18/h2-4H,1H3,(H2,13,18)(H,15,19)(H,14,16,17). The van der Waals surface area contributed by atoms with Gasteiger partial charge in [0.15, 0.2) is 0 Å². The maximum atomic E-state index is 11.8. The zero-order valence-electron chi connectivity index (χ0n) is 9.90. The lowest BCUT2D eigenvalue weighted by Crippen LogP contribution is -2.16. The van der Waals surface area contributed by atoms with Crippen molar-refractivity contribution in [2.75, 3.05) is 5.32 Å². The molecule has 2 aromatic rings. The molecule has 0 aliphatic heterocycles. The van der Waals surface area contributed by atoms with Gasteiger partial charge in [-0.1, -0.05) is 11.6 Å². The molecule has 0 radical (unpaired) electrons. The summed E-state index contributed by atoms with van der Waals surface area (Å²) in [5, 5.41) is 9.04. The summed E-state index contributed by atoms with van der Waals surface area (Å²) in [7, 11) is 0. The quantitative estimate of drug-likeness (QED) is 0.781. The molecular weight excluding hydrogens is 270 g/mol. The van der Waals surface area contributed by atoms with Crippen molar-refractivity contribution < 1.29 is 9.59 Å². The Balaban J connectivity index is 2.22. The molecule has 0 saturated heterocycles. The summed E-state index contributed by atoms with van der Waals surface area (Å²) in [5.41, 5.74) is 5.67. The van der Waals surface area contributed by atoms with E-state index in [0.29, 0.717) is 11.5 Å². The summed E-state index contributed by atoms with van der Waals surface area (Å²) >= 11 is 5.80. The normalized spacial score (nSPS) is 10.2. The Labute approximate surface area is 113 Å². The van der Waals surface area contributed by atoms with E-state index in [1.54, 1.807) is 13.0 Å². The summed E-state index contributed by atoms with van der Waals surface area (Å²) in [6.07, 6.45) is 0. The Morgan fingerprint density at radius 1 is 1.42 bits per heavy atom. The highest BCUT2D eigenvalue weighted by molar-refractivity contribution is 6.34. The number of benzene rings is 1. The Morgan fingerprint density at radius 2 is 2.16 bits per heavy atom. The molecule has 0 bridgehead atoms. The minimum atomic E-state index is -0.671. The van der Waals surface area contributed by atoms with E-state index in [0.717, 1.165) is 0 Å². The van der Waals surface area contributed by atoms with Gasteiger partial charge in [0, 0.05) is 5.69 Å². The van der Waals surface area contributed by atoms with Crippen molar-refractivity contribution in [2.24, 2.45) is 5.73 Å². The van der Waals surface area contributed by atoms with Crippen LogP contribution in [0.4, 0.5) is 5.69 Å². The number of hydrogen-bond donors (Lipinski definition) is 3. The van der Waals surface area contributed by atoms with Crippen LogP contribution in [0.2, 0.25) is 5.02 Å². The van der Waals surface area contributed by atoms with E-state index >= 15 is 0 Å². The van der Waals surface area contributed by atoms with Crippen LogP contribution in [-0.4, -0.2) is 27.0 Å². The molecule has 8 heteroatoms. The first-order chi connectivity index (χ1) is 8.97. The van der Waals surface area contributed by atoms with Gasteiger partial charge in [-0.3, -0.25) is 14.7 Å². The molecule has 98 valence electrons. The third-order valence-corrected chi connectivity index (χ3v) is 2.62. The van der Waals surface area contributed by atoms with Crippen molar-refractivity contribution in [3.63, 3.8) is 0 Å². The van der Waals surface area contributed by atoms with Crippen LogP contribution in [-0.2, 0) is 0 Å². The lowest BCUT2D eigenvalue weighted by molar-refractivity contribution is 0.0994. The molecule has 0 atom stereocenters. The van der Waals surface area contributed by atoms with E-state index in [-0.39, 0.29) is 16.4 Å². The number of anilines is 1. The van der Waals surface area contributed by atoms with E-state index in [4.69, 9.17) is 17.3 Å². The van der Waals surface area contributed by atoms with Crippen LogP contribution < -0.4 is 11.1 Å². The second kappa shape index (κ2) is 5.07. The number of aromatic amines is 1. The minimum absolute atomic E-state index is 0.00748. The SMILES string of the molecule is Cc1nc(C(=O)Nc2ccc(Cl)c(C(N)=O)c2)n[nH]1. The van der Waals surface area contributed by atoms with E-state index < -0.39 is 11.8 Å². The second-order valence-electron chi connectivity index (χ2n) is 3.76. The van der Waals surface area contributed by atoms with E-state index in [2.05, 4.69) is 20.5 Å². The van der Waals surface area contributed by atoms with Crippen LogP contribution in [0.25, 0.3) is 0 Å². The van der Waals surface area contributed by atoms with Gasteiger partial charge in [0.1, 0.15) is 5.82 Å². The first kappa shape index (κ1) is 13.0. The average molecular weight is 280 g/mol. The molecule has 19 heavy (non-hydrogen) atoms. The van der Waals surface area contributed by atoms with Crippen LogP contribution in [0, 0.1) is 6.92 Å². The summed E-state index contributed by atoms with van der Waals surface area (Å²) in [6, 6.07) is 4.41. The molecule has 0 unspecified atom stereocenters. The van der Waals surface area contributed by atoms with Crippen LogP contribution in [0.1, 0.15) is 26.8 Å². The van der Waals surface area contributed by atoms with Gasteiger partial charge in [0.05, 0.1) is 10.6 Å². The van der Waals surface area contributed by atoms with Gasteiger partial charge in [0.25, 0.3) is 5.91 Å². The number of aromatic nitrogens is 3. The number of carbonyl (C=O) groups is 2. The number of H-pyrrole nitrogens is 1. The van der Waals surface area contributed by atoms with Gasteiger partial charge < -0.3 is 11.1 Å². The number of nitrogens with two attached hydrogens (primary N) is 1. The number of nitrogens with zero attached hydrogens (tertiary/aromatic N) is 2. The fraction of sp³-hybridized carbons (Fsp3) is 0.0909. The Morgan fingerprint density at radius 3 is 2.74 bits per heavy atom. The molecule has 4 N–H and O–H groups in total. The molecule has 1 heterocycles. The molecule has 0 saturated carbocycles. The molecule has 7 nitrogen and oxygen atoms in total. The summed E-state index contributed by atoms with van der Waals surface area (Å²) in [6.45, 7) is 1.68. The molecule has 1 aromatic heterocycles. The van der Waals surface area contributed by atoms with Crippen molar-refractivity contribution >= 4 is 29.1 Å². The van der Waals surface area contributed by atoms with Crippen molar-refractivity contribution in [3.8, 4) is 0 Å². The largest absolute Gasteiger partial charge is 0.366 e. The first-order valence-electron chi connectivity index (χ1n) is 5.27. The Kier molecular flexibility index (Phi) is 3.48. The molecule has 2 amide bonds. The van der Waals surface area contributed by atoms with Crippen molar-refractivity contribution in [1.29, 1.82) is 0 Å². The Bertz CT molecular complexity index is 652. The summed E-state index contributed by atoms with van der Waals surface area (Å²) in [4.78, 5) is 26.8. The fourth-order valence-electron chi connectivity index (χ4n) is 1.42. The maximum Gasteiger partial charge on any atom is 0.295 e. The van der Waals surface area contributed by atoms with E-state index in [1.165, 1.54) is 12.1 Å². The third kappa shape index (κ3) is 2.89. The van der Waals surface area contributed by atoms with Gasteiger partial charge >= 0.3 is 0 Å². The number of aryl methyl sites for hydroxylation is 1.